The van der Waals surface area contributed by atoms with Gasteiger partial charge in [0.25, 0.3) is 12.2 Å². The SMILES string of the molecule is CC1=C2C=CC=C3C4C5=C(C=CC4N(CN1CCN(C)C)C32)[N+](=O)CC(=O)C5. The van der Waals surface area contributed by atoms with Gasteiger partial charge in [0.15, 0.2) is 0 Å². The topological polar surface area (TPSA) is 46.9 Å². The van der Waals surface area contributed by atoms with Gasteiger partial charge in [0, 0.05) is 58.5 Å². The Hall–Kier alpha value is -2.31. The van der Waals surface area contributed by atoms with E-state index in [1.165, 1.54) is 16.8 Å². The van der Waals surface area contributed by atoms with E-state index in [0.29, 0.717) is 12.1 Å². The molecule has 0 spiro atoms. The fraction of sp³-hybridized carbons (Fsp3) is 0.500. The van der Waals surface area contributed by atoms with Crippen LogP contribution in [0.4, 0.5) is 0 Å². The fourth-order valence-corrected chi connectivity index (χ4v) is 5.41. The molecule has 0 amide bonds. The molecular weight excluding hydrogens is 352 g/mol. The summed E-state index contributed by atoms with van der Waals surface area (Å²) in [7, 11) is 4.21. The highest BCUT2D eigenvalue weighted by atomic mass is 16.3. The van der Waals surface area contributed by atoms with Crippen LogP contribution in [0.5, 0.6) is 0 Å². The van der Waals surface area contributed by atoms with Crippen molar-refractivity contribution in [2.45, 2.75) is 25.4 Å². The van der Waals surface area contributed by atoms with Crippen LogP contribution >= 0.6 is 0 Å². The molecule has 6 nitrogen and oxygen atoms in total. The van der Waals surface area contributed by atoms with Crippen LogP contribution in [0.2, 0.25) is 0 Å². The smallest absolute Gasteiger partial charge is 0.256 e. The number of Topliss-reactive ketones (excluding diaryl/α,β-unsaturated/α-hetero) is 1. The van der Waals surface area contributed by atoms with Gasteiger partial charge in [-0.1, -0.05) is 24.3 Å². The predicted octanol–water partition coefficient (Wildman–Crippen LogP) is 1.84. The molecule has 3 aliphatic heterocycles. The van der Waals surface area contributed by atoms with E-state index in [-0.39, 0.29) is 30.3 Å². The number of ketones is 1. The van der Waals surface area contributed by atoms with Gasteiger partial charge in [0.05, 0.1) is 12.7 Å². The van der Waals surface area contributed by atoms with Crippen molar-refractivity contribution < 1.29 is 9.55 Å². The summed E-state index contributed by atoms with van der Waals surface area (Å²) in [6.45, 7) is 5.08. The molecule has 1 fully saturated rings. The number of nitroso groups, excluding NO2 is 1. The summed E-state index contributed by atoms with van der Waals surface area (Å²) in [4.78, 5) is 31.8. The van der Waals surface area contributed by atoms with Crippen molar-refractivity contribution in [3.05, 3.63) is 63.4 Å². The summed E-state index contributed by atoms with van der Waals surface area (Å²) >= 11 is 0. The molecule has 0 aromatic heterocycles. The number of fused-ring (bicyclic) bond motifs is 4. The van der Waals surface area contributed by atoms with Crippen LogP contribution in [-0.2, 0) is 4.79 Å². The average Bonchev–Trinajstić information content (AvgIpc) is 2.98. The standard InChI is InChI=1S/C22H27N4O2/c1-14-16-5-4-6-17-21-18-11-15(27)12-26(28)19(18)7-8-20(21)25(22(16)17)13-24(14)10-9-23(2)3/h4-8,20-22H,9-13H2,1-3H3/q+1. The van der Waals surface area contributed by atoms with Crippen LogP contribution in [0.1, 0.15) is 13.3 Å². The summed E-state index contributed by atoms with van der Waals surface area (Å²) in [6.07, 6.45) is 11.1. The van der Waals surface area contributed by atoms with E-state index in [1.807, 2.05) is 6.08 Å². The van der Waals surface area contributed by atoms with Gasteiger partial charge < -0.3 is 9.80 Å². The maximum atomic E-state index is 12.4. The third-order valence-corrected chi connectivity index (χ3v) is 6.77. The lowest BCUT2D eigenvalue weighted by Gasteiger charge is -2.43. The average molecular weight is 379 g/mol. The van der Waals surface area contributed by atoms with Crippen LogP contribution in [0.15, 0.2) is 58.5 Å². The van der Waals surface area contributed by atoms with Crippen molar-refractivity contribution in [2.75, 3.05) is 40.4 Å². The third kappa shape index (κ3) is 2.51. The first-order valence-electron chi connectivity index (χ1n) is 10.1. The molecule has 6 heteroatoms. The van der Waals surface area contributed by atoms with Crippen molar-refractivity contribution in [3.8, 4) is 0 Å². The Kier molecular flexibility index (Phi) is 4.03. The second-order valence-electron chi connectivity index (χ2n) is 8.68. The number of allylic oxidation sites excluding steroid dienone is 4. The Labute approximate surface area is 165 Å². The molecule has 0 saturated carbocycles. The van der Waals surface area contributed by atoms with Gasteiger partial charge in [0.2, 0.25) is 5.78 Å². The highest BCUT2D eigenvalue weighted by Crippen LogP contribution is 2.50. The van der Waals surface area contributed by atoms with Gasteiger partial charge in [-0.25, -0.2) is 0 Å². The highest BCUT2D eigenvalue weighted by Gasteiger charge is 2.53. The first kappa shape index (κ1) is 17.8. The number of likely N-dealkylation sites (N-methyl/N-ethyl adjacent to an activating group) is 1. The summed E-state index contributed by atoms with van der Waals surface area (Å²) < 4.78 is 0.885. The molecule has 5 rings (SSSR count). The molecule has 3 atom stereocenters. The molecule has 0 bridgehead atoms. The molecule has 0 radical (unpaired) electrons. The Morgan fingerprint density at radius 3 is 2.89 bits per heavy atom. The van der Waals surface area contributed by atoms with Gasteiger partial charge >= 0.3 is 0 Å². The zero-order valence-corrected chi connectivity index (χ0v) is 16.8. The van der Waals surface area contributed by atoms with E-state index in [1.54, 1.807) is 0 Å². The predicted molar refractivity (Wildman–Crippen MR) is 107 cm³/mol. The first-order valence-corrected chi connectivity index (χ1v) is 10.1. The number of rotatable bonds is 3. The van der Waals surface area contributed by atoms with Crippen molar-refractivity contribution in [1.29, 1.82) is 0 Å². The normalized spacial score (nSPS) is 31.5. The molecule has 2 aliphatic carbocycles. The summed E-state index contributed by atoms with van der Waals surface area (Å²) in [5, 5.41) is 0. The van der Waals surface area contributed by atoms with Crippen LogP contribution < -0.4 is 0 Å². The Morgan fingerprint density at radius 1 is 1.29 bits per heavy atom. The van der Waals surface area contributed by atoms with E-state index in [2.05, 4.69) is 60.0 Å². The lowest BCUT2D eigenvalue weighted by atomic mass is 9.76. The number of hydrogen-bond donors (Lipinski definition) is 0. The minimum Gasteiger partial charge on any atom is -0.360 e. The van der Waals surface area contributed by atoms with Crippen LogP contribution in [0.25, 0.3) is 0 Å². The quantitative estimate of drug-likeness (QED) is 0.701. The molecule has 5 aliphatic rings. The highest BCUT2D eigenvalue weighted by molar-refractivity contribution is 5.83. The largest absolute Gasteiger partial charge is 0.360 e. The third-order valence-electron chi connectivity index (χ3n) is 6.77. The lowest BCUT2D eigenvalue weighted by molar-refractivity contribution is -0.486. The van der Waals surface area contributed by atoms with Crippen LogP contribution in [0.3, 0.4) is 0 Å². The molecular formula is C22H27N4O2+. The Bertz CT molecular complexity index is 921. The second-order valence-corrected chi connectivity index (χ2v) is 8.68. The second kappa shape index (κ2) is 6.36. The molecule has 146 valence electrons. The molecule has 0 aromatic carbocycles. The molecule has 3 heterocycles. The Balaban J connectivity index is 1.56. The minimum atomic E-state index is -0.0186. The van der Waals surface area contributed by atoms with Crippen molar-refractivity contribution in [1.82, 2.24) is 14.7 Å². The van der Waals surface area contributed by atoms with Crippen LogP contribution in [0, 0.1) is 10.8 Å². The van der Waals surface area contributed by atoms with E-state index >= 15 is 0 Å². The number of nitrogens with zero attached hydrogens (tertiary/aromatic N) is 4. The molecule has 0 aromatic rings. The maximum absolute atomic E-state index is 12.4. The molecule has 28 heavy (non-hydrogen) atoms. The van der Waals surface area contributed by atoms with Crippen molar-refractivity contribution in [3.63, 3.8) is 0 Å². The zero-order valence-electron chi connectivity index (χ0n) is 16.8. The molecule has 1 saturated heterocycles. The molecule has 0 N–H and O–H groups in total. The summed E-state index contributed by atoms with van der Waals surface area (Å²) in [5.74, 6) is 0.159. The number of carbonyl (C=O) groups is 1. The van der Waals surface area contributed by atoms with E-state index in [4.69, 9.17) is 0 Å². The lowest BCUT2D eigenvalue weighted by Crippen LogP contribution is -2.51. The van der Waals surface area contributed by atoms with E-state index < -0.39 is 0 Å². The van der Waals surface area contributed by atoms with Gasteiger partial charge in [-0.2, -0.15) is 0 Å². The zero-order chi connectivity index (χ0) is 19.6. The summed E-state index contributed by atoms with van der Waals surface area (Å²) in [6, 6.07) is 0.461. The van der Waals surface area contributed by atoms with Gasteiger partial charge in [-0.05, 0) is 32.2 Å². The van der Waals surface area contributed by atoms with E-state index in [9.17, 15) is 9.70 Å². The monoisotopic (exact) mass is 379 g/mol. The fourth-order valence-electron chi connectivity index (χ4n) is 5.41. The van der Waals surface area contributed by atoms with Gasteiger partial charge in [0.1, 0.15) is 0 Å². The Morgan fingerprint density at radius 2 is 2.11 bits per heavy atom. The van der Waals surface area contributed by atoms with E-state index in [0.717, 1.165) is 30.1 Å². The van der Waals surface area contributed by atoms with Crippen molar-refractivity contribution >= 4 is 5.78 Å². The number of hydrogen-bond acceptors (Lipinski definition) is 5. The minimum absolute atomic E-state index is 0.0186. The first-order chi connectivity index (χ1) is 13.5. The van der Waals surface area contributed by atoms with Gasteiger partial charge in [-0.15, -0.1) is 0 Å². The van der Waals surface area contributed by atoms with Gasteiger partial charge in [-0.3, -0.25) is 9.69 Å². The van der Waals surface area contributed by atoms with Crippen molar-refractivity contribution in [2.24, 2.45) is 5.92 Å². The maximum Gasteiger partial charge on any atom is 0.256 e. The summed E-state index contributed by atoms with van der Waals surface area (Å²) in [5.41, 5.74) is 5.77. The van der Waals surface area contributed by atoms with Crippen LogP contribution in [-0.4, -0.2) is 77.7 Å². The number of carbonyl (C=O) groups excluding carboxylic acids is 1. The molecule has 3 unspecified atom stereocenters.